The van der Waals surface area contributed by atoms with Crippen molar-refractivity contribution in [2.45, 2.75) is 19.4 Å². The number of benzene rings is 1. The SMILES string of the molecule is Cc1cccc(C(Cc2ccn(C)n2)NN)c1Br. The highest BCUT2D eigenvalue weighted by Crippen LogP contribution is 2.28. The summed E-state index contributed by atoms with van der Waals surface area (Å²) in [4.78, 5) is 0. The van der Waals surface area contributed by atoms with Crippen LogP contribution in [0.1, 0.15) is 22.9 Å². The molecule has 0 radical (unpaired) electrons. The quantitative estimate of drug-likeness (QED) is 0.673. The Bertz CT molecular complexity index is 536. The van der Waals surface area contributed by atoms with Gasteiger partial charge in [-0.3, -0.25) is 16.0 Å². The molecule has 0 saturated heterocycles. The van der Waals surface area contributed by atoms with Crippen LogP contribution in [0.25, 0.3) is 0 Å². The molecular weight excluding hydrogens is 292 g/mol. The Morgan fingerprint density at radius 2 is 2.22 bits per heavy atom. The van der Waals surface area contributed by atoms with Crippen LogP contribution in [0.5, 0.6) is 0 Å². The number of hydrogen-bond donors (Lipinski definition) is 2. The maximum Gasteiger partial charge on any atom is 0.0643 e. The van der Waals surface area contributed by atoms with E-state index in [0.717, 1.165) is 22.2 Å². The van der Waals surface area contributed by atoms with Gasteiger partial charge in [-0.15, -0.1) is 0 Å². The fourth-order valence-electron chi connectivity index (χ4n) is 1.98. The number of rotatable bonds is 4. The van der Waals surface area contributed by atoms with Crippen LogP contribution in [0, 0.1) is 6.92 Å². The number of aromatic nitrogens is 2. The number of hydrogen-bond acceptors (Lipinski definition) is 3. The summed E-state index contributed by atoms with van der Waals surface area (Å²) >= 11 is 3.62. The number of nitrogens with zero attached hydrogens (tertiary/aromatic N) is 2. The first-order valence-corrected chi connectivity index (χ1v) is 6.60. The second-order valence-electron chi connectivity index (χ2n) is 4.38. The van der Waals surface area contributed by atoms with Crippen LogP contribution in [0.2, 0.25) is 0 Å². The number of nitrogens with two attached hydrogens (primary N) is 1. The summed E-state index contributed by atoms with van der Waals surface area (Å²) in [5.74, 6) is 5.67. The Balaban J connectivity index is 2.25. The minimum absolute atomic E-state index is 0.0502. The van der Waals surface area contributed by atoms with Gasteiger partial charge in [0.1, 0.15) is 0 Å². The summed E-state index contributed by atoms with van der Waals surface area (Å²) in [6.07, 6.45) is 2.70. The van der Waals surface area contributed by atoms with Gasteiger partial charge in [-0.1, -0.05) is 34.1 Å². The Kier molecular flexibility index (Phi) is 4.16. The molecule has 0 saturated carbocycles. The van der Waals surface area contributed by atoms with Gasteiger partial charge in [-0.05, 0) is 24.1 Å². The Labute approximate surface area is 115 Å². The minimum Gasteiger partial charge on any atom is -0.276 e. The first-order valence-electron chi connectivity index (χ1n) is 5.81. The first-order chi connectivity index (χ1) is 8.61. The molecule has 0 aliphatic carbocycles. The van der Waals surface area contributed by atoms with Crippen molar-refractivity contribution in [2.75, 3.05) is 0 Å². The second-order valence-corrected chi connectivity index (χ2v) is 5.18. The molecule has 1 aromatic heterocycles. The normalized spacial score (nSPS) is 12.7. The highest BCUT2D eigenvalue weighted by Gasteiger charge is 2.15. The van der Waals surface area contributed by atoms with Gasteiger partial charge in [-0.2, -0.15) is 5.10 Å². The average Bonchev–Trinajstić information content (AvgIpc) is 2.76. The lowest BCUT2D eigenvalue weighted by molar-refractivity contribution is 0.539. The maximum atomic E-state index is 5.67. The third-order valence-corrected chi connectivity index (χ3v) is 4.06. The number of halogens is 1. The smallest absolute Gasteiger partial charge is 0.0643 e. The number of nitrogens with one attached hydrogen (secondary N) is 1. The lowest BCUT2D eigenvalue weighted by Crippen LogP contribution is -2.30. The van der Waals surface area contributed by atoms with E-state index in [2.05, 4.69) is 45.5 Å². The zero-order chi connectivity index (χ0) is 13.1. The largest absolute Gasteiger partial charge is 0.276 e. The topological polar surface area (TPSA) is 55.9 Å². The standard InChI is InChI=1S/C13H17BrN4/c1-9-4-3-5-11(13(9)14)12(16-15)8-10-6-7-18(2)17-10/h3-7,12,16H,8,15H2,1-2H3. The zero-order valence-corrected chi connectivity index (χ0v) is 12.1. The van der Waals surface area contributed by atoms with E-state index in [0.29, 0.717) is 0 Å². The van der Waals surface area contributed by atoms with Crippen LogP contribution in [-0.4, -0.2) is 9.78 Å². The Hall–Kier alpha value is -1.17. The predicted molar refractivity (Wildman–Crippen MR) is 75.9 cm³/mol. The van der Waals surface area contributed by atoms with Crippen LogP contribution in [0.15, 0.2) is 34.9 Å². The van der Waals surface area contributed by atoms with E-state index in [1.165, 1.54) is 5.56 Å². The molecule has 0 aliphatic heterocycles. The molecule has 3 N–H and O–H groups in total. The second kappa shape index (κ2) is 5.65. The van der Waals surface area contributed by atoms with Gasteiger partial charge in [0.25, 0.3) is 0 Å². The van der Waals surface area contributed by atoms with Crippen LogP contribution < -0.4 is 11.3 Å². The van der Waals surface area contributed by atoms with E-state index in [-0.39, 0.29) is 6.04 Å². The lowest BCUT2D eigenvalue weighted by atomic mass is 10.0. The van der Waals surface area contributed by atoms with Crippen LogP contribution in [-0.2, 0) is 13.5 Å². The van der Waals surface area contributed by atoms with Crippen LogP contribution >= 0.6 is 15.9 Å². The maximum absolute atomic E-state index is 5.67. The summed E-state index contributed by atoms with van der Waals surface area (Å²) < 4.78 is 2.90. The number of aryl methyl sites for hydroxylation is 2. The zero-order valence-electron chi connectivity index (χ0n) is 10.5. The first kappa shape index (κ1) is 13.3. The van der Waals surface area contributed by atoms with Crippen LogP contribution in [0.3, 0.4) is 0 Å². The highest BCUT2D eigenvalue weighted by molar-refractivity contribution is 9.10. The van der Waals surface area contributed by atoms with Gasteiger partial charge in [0, 0.05) is 24.1 Å². The average molecular weight is 309 g/mol. The molecule has 5 heteroatoms. The van der Waals surface area contributed by atoms with Crippen LogP contribution in [0.4, 0.5) is 0 Å². The molecule has 0 aliphatic rings. The molecule has 18 heavy (non-hydrogen) atoms. The molecule has 4 nitrogen and oxygen atoms in total. The van der Waals surface area contributed by atoms with E-state index in [1.54, 1.807) is 4.68 Å². The minimum atomic E-state index is 0.0502. The van der Waals surface area contributed by atoms with Crippen molar-refractivity contribution >= 4 is 15.9 Å². The van der Waals surface area contributed by atoms with E-state index in [9.17, 15) is 0 Å². The van der Waals surface area contributed by atoms with E-state index >= 15 is 0 Å². The molecule has 96 valence electrons. The van der Waals surface area contributed by atoms with Crippen molar-refractivity contribution in [3.05, 3.63) is 51.8 Å². The van der Waals surface area contributed by atoms with Crippen molar-refractivity contribution in [1.82, 2.24) is 15.2 Å². The molecule has 0 fully saturated rings. The van der Waals surface area contributed by atoms with Gasteiger partial charge in [0.2, 0.25) is 0 Å². The Morgan fingerprint density at radius 1 is 1.44 bits per heavy atom. The van der Waals surface area contributed by atoms with E-state index in [4.69, 9.17) is 5.84 Å². The molecule has 0 amide bonds. The molecule has 1 aromatic carbocycles. The molecule has 1 heterocycles. The Morgan fingerprint density at radius 3 is 2.83 bits per heavy atom. The van der Waals surface area contributed by atoms with Gasteiger partial charge < -0.3 is 0 Å². The van der Waals surface area contributed by atoms with Crippen molar-refractivity contribution in [3.63, 3.8) is 0 Å². The summed E-state index contributed by atoms with van der Waals surface area (Å²) in [5.41, 5.74) is 6.25. The van der Waals surface area contributed by atoms with E-state index < -0.39 is 0 Å². The lowest BCUT2D eigenvalue weighted by Gasteiger charge is -2.17. The summed E-state index contributed by atoms with van der Waals surface area (Å²) in [5, 5.41) is 4.38. The molecule has 2 rings (SSSR count). The molecular formula is C13H17BrN4. The fraction of sp³-hybridized carbons (Fsp3) is 0.308. The summed E-state index contributed by atoms with van der Waals surface area (Å²) in [6, 6.07) is 8.24. The molecule has 0 bridgehead atoms. The molecule has 2 aromatic rings. The van der Waals surface area contributed by atoms with Crippen molar-refractivity contribution in [1.29, 1.82) is 0 Å². The summed E-state index contributed by atoms with van der Waals surface area (Å²) in [7, 11) is 1.91. The predicted octanol–water partition coefficient (Wildman–Crippen LogP) is 2.24. The third kappa shape index (κ3) is 2.80. The van der Waals surface area contributed by atoms with E-state index in [1.807, 2.05) is 25.4 Å². The van der Waals surface area contributed by atoms with Crippen molar-refractivity contribution < 1.29 is 0 Å². The molecule has 0 spiro atoms. The van der Waals surface area contributed by atoms with Gasteiger partial charge >= 0.3 is 0 Å². The monoisotopic (exact) mass is 308 g/mol. The van der Waals surface area contributed by atoms with Gasteiger partial charge in [-0.25, -0.2) is 0 Å². The van der Waals surface area contributed by atoms with Crippen molar-refractivity contribution in [3.8, 4) is 0 Å². The van der Waals surface area contributed by atoms with Crippen molar-refractivity contribution in [2.24, 2.45) is 12.9 Å². The third-order valence-electron chi connectivity index (χ3n) is 2.98. The summed E-state index contributed by atoms with van der Waals surface area (Å²) in [6.45, 7) is 2.07. The van der Waals surface area contributed by atoms with Gasteiger partial charge in [0.15, 0.2) is 0 Å². The van der Waals surface area contributed by atoms with Gasteiger partial charge in [0.05, 0.1) is 11.7 Å². The molecule has 1 unspecified atom stereocenters. The number of hydrazine groups is 1. The highest BCUT2D eigenvalue weighted by atomic mass is 79.9. The fourth-order valence-corrected chi connectivity index (χ4v) is 2.52. The molecule has 1 atom stereocenters.